The molecule has 0 bridgehead atoms. The van der Waals surface area contributed by atoms with E-state index < -0.39 is 5.97 Å². The highest BCUT2D eigenvalue weighted by Crippen LogP contribution is 2.35. The summed E-state index contributed by atoms with van der Waals surface area (Å²) in [6, 6.07) is 0. The molecule has 0 fully saturated rings. The largest absolute Gasteiger partial charge is 0.464 e. The lowest BCUT2D eigenvalue weighted by Gasteiger charge is -2.17. The molecule has 1 aliphatic carbocycles. The first-order valence-corrected chi connectivity index (χ1v) is 8.45. The van der Waals surface area contributed by atoms with Gasteiger partial charge in [-0.05, 0) is 37.2 Å². The number of hydrogen-bond acceptors (Lipinski definition) is 6. The van der Waals surface area contributed by atoms with Crippen molar-refractivity contribution >= 4 is 27.5 Å². The number of carbonyl (C=O) groups is 1. The first-order valence-electron chi connectivity index (χ1n) is 7.63. The number of esters is 1. The van der Waals surface area contributed by atoms with Gasteiger partial charge in [0.1, 0.15) is 6.54 Å². The Kier molecular flexibility index (Phi) is 4.24. The van der Waals surface area contributed by atoms with Gasteiger partial charge in [0.2, 0.25) is 0 Å². The maximum atomic E-state index is 12.6. The number of rotatable bonds is 4. The number of nitrogens with zero attached hydrogens (tertiary/aromatic N) is 3. The van der Waals surface area contributed by atoms with Gasteiger partial charge in [-0.15, -0.1) is 16.4 Å². The lowest BCUT2D eigenvalue weighted by Crippen LogP contribution is -2.29. The summed E-state index contributed by atoms with van der Waals surface area (Å²) in [6.07, 6.45) is 3.73. The number of thiophene rings is 1. The van der Waals surface area contributed by atoms with Crippen LogP contribution in [0.15, 0.2) is 4.79 Å². The van der Waals surface area contributed by atoms with Crippen molar-refractivity contribution < 1.29 is 9.53 Å². The summed E-state index contributed by atoms with van der Waals surface area (Å²) in [7, 11) is 0. The number of fused-ring (bicyclic) bond motifs is 3. The molecule has 0 radical (unpaired) electrons. The maximum absolute atomic E-state index is 12.6. The van der Waals surface area contributed by atoms with Crippen LogP contribution in [0.4, 0.5) is 0 Å². The number of hydrogen-bond donors (Lipinski definition) is 0. The van der Waals surface area contributed by atoms with Crippen molar-refractivity contribution in [2.75, 3.05) is 6.61 Å². The Hall–Kier alpha value is -1.76. The summed E-state index contributed by atoms with van der Waals surface area (Å²) in [6.45, 7) is 4.32. The Labute approximate surface area is 132 Å². The molecular formula is C15H19N3O3S. The Morgan fingerprint density at radius 1 is 1.50 bits per heavy atom. The quantitative estimate of drug-likeness (QED) is 0.805. The fourth-order valence-electron chi connectivity index (χ4n) is 2.78. The molecule has 2 heterocycles. The van der Waals surface area contributed by atoms with Crippen LogP contribution in [0.1, 0.15) is 37.1 Å². The molecule has 0 aromatic carbocycles. The van der Waals surface area contributed by atoms with Gasteiger partial charge in [0, 0.05) is 4.88 Å². The Balaban J connectivity index is 1.96. The fraction of sp³-hybridized carbons (Fsp3) is 0.600. The monoisotopic (exact) mass is 321 g/mol. The van der Waals surface area contributed by atoms with Crippen LogP contribution in [-0.2, 0) is 28.9 Å². The third kappa shape index (κ3) is 2.77. The van der Waals surface area contributed by atoms with Gasteiger partial charge in [0.05, 0.1) is 12.0 Å². The van der Waals surface area contributed by atoms with Crippen LogP contribution in [0, 0.1) is 5.92 Å². The van der Waals surface area contributed by atoms with Gasteiger partial charge >= 0.3 is 5.97 Å². The second kappa shape index (κ2) is 6.16. The third-order valence-electron chi connectivity index (χ3n) is 3.93. The molecule has 2 aromatic heterocycles. The zero-order valence-electron chi connectivity index (χ0n) is 12.8. The van der Waals surface area contributed by atoms with Crippen LogP contribution in [0.5, 0.6) is 0 Å². The van der Waals surface area contributed by atoms with E-state index in [2.05, 4.69) is 17.2 Å². The third-order valence-corrected chi connectivity index (χ3v) is 5.07. The summed E-state index contributed by atoms with van der Waals surface area (Å²) in [4.78, 5) is 26.2. The molecule has 0 aliphatic heterocycles. The predicted molar refractivity (Wildman–Crippen MR) is 84.1 cm³/mol. The van der Waals surface area contributed by atoms with Crippen LogP contribution in [0.2, 0.25) is 0 Å². The second-order valence-electron chi connectivity index (χ2n) is 5.80. The van der Waals surface area contributed by atoms with Crippen molar-refractivity contribution in [3.8, 4) is 0 Å². The Morgan fingerprint density at radius 2 is 2.32 bits per heavy atom. The standard InChI is InChI=1S/C15H19N3O3S/c1-3-6-21-12(19)8-18-15(20)13-10-5-4-9(2)7-11(10)22-14(13)16-17-18/h9H,3-8H2,1-2H3/t9-/m1/s1. The number of aromatic nitrogens is 3. The van der Waals surface area contributed by atoms with Gasteiger partial charge in [-0.25, -0.2) is 0 Å². The van der Waals surface area contributed by atoms with E-state index in [1.807, 2.05) is 6.92 Å². The molecule has 0 N–H and O–H groups in total. The van der Waals surface area contributed by atoms with Crippen LogP contribution < -0.4 is 5.56 Å². The van der Waals surface area contributed by atoms with Crippen LogP contribution in [-0.4, -0.2) is 27.6 Å². The van der Waals surface area contributed by atoms with Gasteiger partial charge in [-0.2, -0.15) is 4.68 Å². The summed E-state index contributed by atoms with van der Waals surface area (Å²) in [5.74, 6) is 0.190. The maximum Gasteiger partial charge on any atom is 0.327 e. The van der Waals surface area contributed by atoms with Gasteiger partial charge in [0.25, 0.3) is 5.56 Å². The highest BCUT2D eigenvalue weighted by atomic mass is 32.1. The van der Waals surface area contributed by atoms with Crippen molar-refractivity contribution in [2.45, 2.75) is 46.1 Å². The molecule has 0 saturated carbocycles. The molecule has 3 rings (SSSR count). The highest BCUT2D eigenvalue weighted by molar-refractivity contribution is 7.18. The van der Waals surface area contributed by atoms with E-state index in [1.54, 1.807) is 11.3 Å². The van der Waals surface area contributed by atoms with Crippen LogP contribution in [0.25, 0.3) is 10.2 Å². The Bertz CT molecular complexity index is 765. The van der Waals surface area contributed by atoms with Crippen LogP contribution in [0.3, 0.4) is 0 Å². The molecular weight excluding hydrogens is 302 g/mol. The topological polar surface area (TPSA) is 74.1 Å². The summed E-state index contributed by atoms with van der Waals surface area (Å²) in [5.41, 5.74) is 0.874. The lowest BCUT2D eigenvalue weighted by molar-refractivity contribution is -0.144. The van der Waals surface area contributed by atoms with E-state index in [1.165, 1.54) is 4.88 Å². The summed E-state index contributed by atoms with van der Waals surface area (Å²) in [5, 5.41) is 8.65. The average molecular weight is 321 g/mol. The summed E-state index contributed by atoms with van der Waals surface area (Å²) < 4.78 is 6.12. The van der Waals surface area contributed by atoms with E-state index in [4.69, 9.17) is 4.74 Å². The molecule has 6 nitrogen and oxygen atoms in total. The molecule has 2 aromatic rings. The smallest absolute Gasteiger partial charge is 0.327 e. The molecule has 0 amide bonds. The minimum absolute atomic E-state index is 0.178. The van der Waals surface area contributed by atoms with E-state index in [9.17, 15) is 9.59 Å². The summed E-state index contributed by atoms with van der Waals surface area (Å²) >= 11 is 1.56. The number of carbonyl (C=O) groups excluding carboxylic acids is 1. The highest BCUT2D eigenvalue weighted by Gasteiger charge is 2.24. The Morgan fingerprint density at radius 3 is 3.09 bits per heavy atom. The predicted octanol–water partition coefficient (Wildman–Crippen LogP) is 1.93. The number of aryl methyl sites for hydroxylation is 1. The number of ether oxygens (including phenoxy) is 1. The molecule has 0 spiro atoms. The average Bonchev–Trinajstić information content (AvgIpc) is 2.86. The molecule has 0 unspecified atom stereocenters. The van der Waals surface area contributed by atoms with Crippen LogP contribution >= 0.6 is 11.3 Å². The first kappa shape index (κ1) is 15.1. The van der Waals surface area contributed by atoms with E-state index in [0.29, 0.717) is 22.7 Å². The fourth-order valence-corrected chi connectivity index (χ4v) is 4.10. The van der Waals surface area contributed by atoms with Crippen molar-refractivity contribution in [3.63, 3.8) is 0 Å². The zero-order chi connectivity index (χ0) is 15.7. The molecule has 118 valence electrons. The van der Waals surface area contributed by atoms with Crippen molar-refractivity contribution in [3.05, 3.63) is 20.8 Å². The zero-order valence-corrected chi connectivity index (χ0v) is 13.6. The SMILES string of the molecule is CCCOC(=O)Cn1nnc2sc3c(c2c1=O)CC[C@@H](C)C3. The van der Waals surface area contributed by atoms with E-state index in [0.717, 1.165) is 35.9 Å². The lowest BCUT2D eigenvalue weighted by atomic mass is 9.89. The molecule has 1 aliphatic rings. The molecule has 7 heteroatoms. The van der Waals surface area contributed by atoms with E-state index >= 15 is 0 Å². The van der Waals surface area contributed by atoms with Gasteiger partial charge in [0.15, 0.2) is 4.83 Å². The minimum atomic E-state index is -0.449. The normalized spacial score (nSPS) is 17.5. The van der Waals surface area contributed by atoms with Gasteiger partial charge in [-0.1, -0.05) is 19.1 Å². The van der Waals surface area contributed by atoms with E-state index in [-0.39, 0.29) is 12.1 Å². The molecule has 22 heavy (non-hydrogen) atoms. The van der Waals surface area contributed by atoms with Gasteiger partial charge in [-0.3, -0.25) is 9.59 Å². The molecule has 1 atom stereocenters. The van der Waals surface area contributed by atoms with Crippen molar-refractivity contribution in [1.29, 1.82) is 0 Å². The van der Waals surface area contributed by atoms with Gasteiger partial charge < -0.3 is 4.74 Å². The minimum Gasteiger partial charge on any atom is -0.464 e. The molecule has 0 saturated heterocycles. The van der Waals surface area contributed by atoms with Crippen molar-refractivity contribution in [2.24, 2.45) is 5.92 Å². The second-order valence-corrected chi connectivity index (χ2v) is 6.89. The first-order chi connectivity index (χ1) is 10.6. The van der Waals surface area contributed by atoms with Crippen molar-refractivity contribution in [1.82, 2.24) is 15.0 Å².